The molecule has 3 heteroatoms. The molecule has 0 saturated carbocycles. The SMILES string of the molecule is C#CCC(CC)NC1=NCCN1. The minimum Gasteiger partial charge on any atom is -0.355 e. The van der Waals surface area contributed by atoms with Gasteiger partial charge in [-0.1, -0.05) is 6.92 Å². The number of guanidine groups is 1. The number of hydrogen-bond acceptors (Lipinski definition) is 3. The Hall–Kier alpha value is -1.17. The van der Waals surface area contributed by atoms with Gasteiger partial charge in [0.1, 0.15) is 0 Å². The molecule has 0 amide bonds. The van der Waals surface area contributed by atoms with Gasteiger partial charge in [0.15, 0.2) is 5.96 Å². The fourth-order valence-electron chi connectivity index (χ4n) is 1.13. The van der Waals surface area contributed by atoms with Crippen LogP contribution in [-0.4, -0.2) is 25.1 Å². The van der Waals surface area contributed by atoms with Crippen LogP contribution in [0.5, 0.6) is 0 Å². The zero-order valence-corrected chi connectivity index (χ0v) is 7.43. The van der Waals surface area contributed by atoms with Crippen molar-refractivity contribution in [3.05, 3.63) is 0 Å². The van der Waals surface area contributed by atoms with Crippen molar-refractivity contribution in [1.82, 2.24) is 10.6 Å². The number of terminal acetylenes is 1. The van der Waals surface area contributed by atoms with Crippen molar-refractivity contribution in [1.29, 1.82) is 0 Å². The van der Waals surface area contributed by atoms with E-state index in [0.29, 0.717) is 6.04 Å². The molecule has 1 aliphatic rings. The van der Waals surface area contributed by atoms with Crippen molar-refractivity contribution in [3.8, 4) is 12.3 Å². The minimum absolute atomic E-state index is 0.361. The molecule has 0 aliphatic carbocycles. The van der Waals surface area contributed by atoms with Gasteiger partial charge in [-0.15, -0.1) is 12.3 Å². The van der Waals surface area contributed by atoms with Gasteiger partial charge >= 0.3 is 0 Å². The van der Waals surface area contributed by atoms with E-state index in [9.17, 15) is 0 Å². The molecular weight excluding hydrogens is 150 g/mol. The van der Waals surface area contributed by atoms with Crippen LogP contribution in [0.1, 0.15) is 19.8 Å². The molecule has 0 fully saturated rings. The monoisotopic (exact) mass is 165 g/mol. The second-order valence-electron chi connectivity index (χ2n) is 2.81. The minimum atomic E-state index is 0.361. The highest BCUT2D eigenvalue weighted by Gasteiger charge is 2.09. The maximum Gasteiger partial charge on any atom is 0.191 e. The van der Waals surface area contributed by atoms with Gasteiger partial charge in [-0.05, 0) is 6.42 Å². The average molecular weight is 165 g/mol. The predicted molar refractivity (Wildman–Crippen MR) is 51.0 cm³/mol. The smallest absolute Gasteiger partial charge is 0.191 e. The molecule has 0 aromatic heterocycles. The Kier molecular flexibility index (Phi) is 3.46. The fraction of sp³-hybridized carbons (Fsp3) is 0.667. The Bertz CT molecular complexity index is 202. The largest absolute Gasteiger partial charge is 0.355 e. The molecule has 1 rings (SSSR count). The lowest BCUT2D eigenvalue weighted by atomic mass is 10.2. The van der Waals surface area contributed by atoms with Crippen molar-refractivity contribution < 1.29 is 0 Å². The van der Waals surface area contributed by atoms with E-state index in [4.69, 9.17) is 6.42 Å². The topological polar surface area (TPSA) is 36.4 Å². The van der Waals surface area contributed by atoms with Crippen molar-refractivity contribution in [3.63, 3.8) is 0 Å². The first kappa shape index (κ1) is 8.92. The van der Waals surface area contributed by atoms with Gasteiger partial charge in [0.05, 0.1) is 6.54 Å². The summed E-state index contributed by atoms with van der Waals surface area (Å²) in [6, 6.07) is 0.361. The van der Waals surface area contributed by atoms with Crippen LogP contribution in [0.3, 0.4) is 0 Å². The Balaban J connectivity index is 2.31. The zero-order chi connectivity index (χ0) is 8.81. The van der Waals surface area contributed by atoms with Crippen LogP contribution in [0.2, 0.25) is 0 Å². The van der Waals surface area contributed by atoms with Gasteiger partial charge in [0.25, 0.3) is 0 Å². The Labute approximate surface area is 73.6 Å². The molecule has 0 aromatic carbocycles. The molecule has 1 atom stereocenters. The maximum absolute atomic E-state index is 5.23. The van der Waals surface area contributed by atoms with Gasteiger partial charge in [-0.2, -0.15) is 0 Å². The van der Waals surface area contributed by atoms with Crippen LogP contribution in [0.25, 0.3) is 0 Å². The van der Waals surface area contributed by atoms with E-state index in [1.807, 2.05) is 0 Å². The molecule has 3 nitrogen and oxygen atoms in total. The van der Waals surface area contributed by atoms with Crippen LogP contribution < -0.4 is 10.6 Å². The molecule has 1 unspecified atom stereocenters. The van der Waals surface area contributed by atoms with E-state index >= 15 is 0 Å². The summed E-state index contributed by atoms with van der Waals surface area (Å²) in [5, 5.41) is 6.41. The Morgan fingerprint density at radius 1 is 1.83 bits per heavy atom. The molecule has 1 heterocycles. The average Bonchev–Trinajstić information content (AvgIpc) is 2.56. The molecule has 66 valence electrons. The highest BCUT2D eigenvalue weighted by Crippen LogP contribution is 1.96. The standard InChI is InChI=1S/C9H15N3/c1-3-5-8(4-2)12-9-10-6-7-11-9/h1,8H,4-7H2,2H3,(H2,10,11,12). The molecule has 0 saturated heterocycles. The van der Waals surface area contributed by atoms with Crippen molar-refractivity contribution >= 4 is 5.96 Å². The number of hydrogen-bond donors (Lipinski definition) is 2. The van der Waals surface area contributed by atoms with Crippen LogP contribution in [0.15, 0.2) is 4.99 Å². The summed E-state index contributed by atoms with van der Waals surface area (Å²) in [6.45, 7) is 3.92. The molecule has 0 bridgehead atoms. The molecule has 1 aliphatic heterocycles. The highest BCUT2D eigenvalue weighted by atomic mass is 15.2. The second-order valence-corrected chi connectivity index (χ2v) is 2.81. The summed E-state index contributed by atoms with van der Waals surface area (Å²) >= 11 is 0. The van der Waals surface area contributed by atoms with E-state index in [2.05, 4.69) is 28.5 Å². The summed E-state index contributed by atoms with van der Waals surface area (Å²) in [4.78, 5) is 4.23. The van der Waals surface area contributed by atoms with E-state index in [1.54, 1.807) is 0 Å². The fourth-order valence-corrected chi connectivity index (χ4v) is 1.13. The van der Waals surface area contributed by atoms with Crippen LogP contribution in [0, 0.1) is 12.3 Å². The lowest BCUT2D eigenvalue weighted by Gasteiger charge is -2.15. The Morgan fingerprint density at radius 3 is 3.17 bits per heavy atom. The van der Waals surface area contributed by atoms with E-state index < -0.39 is 0 Å². The third-order valence-electron chi connectivity index (χ3n) is 1.87. The number of nitrogens with zero attached hydrogens (tertiary/aromatic N) is 1. The quantitative estimate of drug-likeness (QED) is 0.591. The first-order valence-electron chi connectivity index (χ1n) is 4.35. The number of rotatable bonds is 3. The van der Waals surface area contributed by atoms with E-state index in [0.717, 1.165) is 31.9 Å². The number of nitrogens with one attached hydrogen (secondary N) is 2. The summed E-state index contributed by atoms with van der Waals surface area (Å²) < 4.78 is 0. The maximum atomic E-state index is 5.23. The molecular formula is C9H15N3. The lowest BCUT2D eigenvalue weighted by molar-refractivity contribution is 0.596. The summed E-state index contributed by atoms with van der Waals surface area (Å²) in [7, 11) is 0. The van der Waals surface area contributed by atoms with Crippen LogP contribution in [-0.2, 0) is 0 Å². The molecule has 0 spiro atoms. The van der Waals surface area contributed by atoms with Crippen molar-refractivity contribution in [2.24, 2.45) is 4.99 Å². The Morgan fingerprint density at radius 2 is 2.67 bits per heavy atom. The van der Waals surface area contributed by atoms with Gasteiger partial charge < -0.3 is 10.6 Å². The van der Waals surface area contributed by atoms with E-state index in [1.165, 1.54) is 0 Å². The molecule has 0 aromatic rings. The first-order chi connectivity index (χ1) is 5.86. The second kappa shape index (κ2) is 4.66. The third kappa shape index (κ3) is 2.46. The summed E-state index contributed by atoms with van der Waals surface area (Å²) in [5.41, 5.74) is 0. The van der Waals surface area contributed by atoms with Gasteiger partial charge in [-0.25, -0.2) is 0 Å². The molecule has 0 radical (unpaired) electrons. The van der Waals surface area contributed by atoms with Crippen LogP contribution >= 0.6 is 0 Å². The van der Waals surface area contributed by atoms with Crippen molar-refractivity contribution in [2.75, 3.05) is 13.1 Å². The third-order valence-corrected chi connectivity index (χ3v) is 1.87. The summed E-state index contributed by atoms with van der Waals surface area (Å²) in [6.07, 6.45) is 7.02. The van der Waals surface area contributed by atoms with Crippen molar-refractivity contribution in [2.45, 2.75) is 25.8 Å². The number of aliphatic imine (C=N–C) groups is 1. The van der Waals surface area contributed by atoms with Gasteiger partial charge in [0.2, 0.25) is 0 Å². The summed E-state index contributed by atoms with van der Waals surface area (Å²) in [5.74, 6) is 3.55. The van der Waals surface area contributed by atoms with Gasteiger partial charge in [-0.3, -0.25) is 4.99 Å². The van der Waals surface area contributed by atoms with Gasteiger partial charge in [0, 0.05) is 19.0 Å². The van der Waals surface area contributed by atoms with Crippen LogP contribution in [0.4, 0.5) is 0 Å². The first-order valence-corrected chi connectivity index (χ1v) is 4.35. The normalized spacial score (nSPS) is 17.5. The lowest BCUT2D eigenvalue weighted by Crippen LogP contribution is -2.40. The predicted octanol–water partition coefficient (Wildman–Crippen LogP) is 0.337. The molecule has 12 heavy (non-hydrogen) atoms. The molecule has 2 N–H and O–H groups in total. The zero-order valence-electron chi connectivity index (χ0n) is 7.43. The highest BCUT2D eigenvalue weighted by molar-refractivity contribution is 5.81. The van der Waals surface area contributed by atoms with E-state index in [-0.39, 0.29) is 0 Å².